The number of hydrogen-bond acceptors (Lipinski definition) is 4. The van der Waals surface area contributed by atoms with Crippen LogP contribution in [0.15, 0.2) is 18.2 Å². The number of carbonyl (C=O) groups is 1. The van der Waals surface area contributed by atoms with E-state index in [0.29, 0.717) is 25.3 Å². The first-order chi connectivity index (χ1) is 8.56. The number of halogens is 1. The molecule has 0 aromatic heterocycles. The third kappa shape index (κ3) is 4.19. The zero-order chi connectivity index (χ0) is 13.5. The molecule has 5 nitrogen and oxygen atoms in total. The molecule has 18 heavy (non-hydrogen) atoms. The van der Waals surface area contributed by atoms with E-state index in [1.807, 2.05) is 0 Å². The minimum absolute atomic E-state index is 0.229. The summed E-state index contributed by atoms with van der Waals surface area (Å²) < 4.78 is 5.25. The van der Waals surface area contributed by atoms with Crippen LogP contribution in [-0.2, 0) is 4.74 Å². The first kappa shape index (κ1) is 14.8. The summed E-state index contributed by atoms with van der Waals surface area (Å²) >= 11 is 3.24. The van der Waals surface area contributed by atoms with E-state index in [-0.39, 0.29) is 17.4 Å². The molecule has 1 rings (SSSR count). The molecule has 1 amide bonds. The fourth-order valence-corrected chi connectivity index (χ4v) is 1.57. The molecule has 0 aliphatic carbocycles. The summed E-state index contributed by atoms with van der Waals surface area (Å²) in [6, 6.07) is 4.00. The summed E-state index contributed by atoms with van der Waals surface area (Å²) in [6.45, 7) is 1.52. The number of aromatic hydroxyl groups is 2. The second kappa shape index (κ2) is 7.23. The van der Waals surface area contributed by atoms with Gasteiger partial charge < -0.3 is 19.8 Å². The van der Waals surface area contributed by atoms with Gasteiger partial charge in [0.2, 0.25) is 0 Å². The van der Waals surface area contributed by atoms with Gasteiger partial charge in [-0.05, 0) is 18.2 Å². The Balaban J connectivity index is 2.54. The van der Waals surface area contributed by atoms with Gasteiger partial charge in [0.25, 0.3) is 5.91 Å². The average Bonchev–Trinajstić information content (AvgIpc) is 2.37. The lowest BCUT2D eigenvalue weighted by atomic mass is 10.2. The number of hydrogen-bond donors (Lipinski definition) is 2. The molecule has 6 heteroatoms. The highest BCUT2D eigenvalue weighted by molar-refractivity contribution is 9.09. The number of likely N-dealkylation sites (N-methyl/N-ethyl adjacent to an activating group) is 1. The maximum Gasteiger partial charge on any atom is 0.253 e. The van der Waals surface area contributed by atoms with E-state index in [1.54, 1.807) is 7.05 Å². The largest absolute Gasteiger partial charge is 0.504 e. The Morgan fingerprint density at radius 3 is 2.67 bits per heavy atom. The van der Waals surface area contributed by atoms with Crippen molar-refractivity contribution >= 4 is 21.8 Å². The predicted octanol–water partition coefficient (Wildman–Crippen LogP) is 1.58. The van der Waals surface area contributed by atoms with E-state index < -0.39 is 0 Å². The number of rotatable bonds is 6. The van der Waals surface area contributed by atoms with Gasteiger partial charge in [-0.25, -0.2) is 0 Å². The van der Waals surface area contributed by atoms with Crippen LogP contribution in [0.5, 0.6) is 11.5 Å². The Kier molecular flexibility index (Phi) is 5.94. The first-order valence-corrected chi connectivity index (χ1v) is 6.59. The van der Waals surface area contributed by atoms with Crippen LogP contribution in [0.1, 0.15) is 10.4 Å². The molecule has 0 radical (unpaired) electrons. The lowest BCUT2D eigenvalue weighted by molar-refractivity contribution is 0.0712. The second-order valence-electron chi connectivity index (χ2n) is 3.73. The van der Waals surface area contributed by atoms with Crippen molar-refractivity contribution in [3.8, 4) is 11.5 Å². The number of carbonyl (C=O) groups excluding carboxylic acids is 1. The Labute approximate surface area is 114 Å². The number of benzene rings is 1. The smallest absolute Gasteiger partial charge is 0.253 e. The van der Waals surface area contributed by atoms with E-state index in [1.165, 1.54) is 23.1 Å². The van der Waals surface area contributed by atoms with E-state index >= 15 is 0 Å². The quantitative estimate of drug-likeness (QED) is 0.475. The van der Waals surface area contributed by atoms with Crippen LogP contribution in [0.2, 0.25) is 0 Å². The molecule has 0 bridgehead atoms. The third-order valence-corrected chi connectivity index (χ3v) is 2.69. The van der Waals surface area contributed by atoms with Crippen LogP contribution in [0.3, 0.4) is 0 Å². The fraction of sp³-hybridized carbons (Fsp3) is 0.417. The molecule has 2 N–H and O–H groups in total. The topological polar surface area (TPSA) is 70.0 Å². The first-order valence-electron chi connectivity index (χ1n) is 5.47. The summed E-state index contributed by atoms with van der Waals surface area (Å²) in [4.78, 5) is 13.4. The average molecular weight is 318 g/mol. The normalized spacial score (nSPS) is 10.3. The number of phenolic OH excluding ortho intramolecular Hbond substituents is 2. The van der Waals surface area contributed by atoms with Crippen LogP contribution in [-0.4, -0.2) is 53.2 Å². The van der Waals surface area contributed by atoms with Crippen LogP contribution in [0.25, 0.3) is 0 Å². The van der Waals surface area contributed by atoms with Crippen molar-refractivity contribution < 1.29 is 19.7 Å². The number of alkyl halides is 1. The van der Waals surface area contributed by atoms with Gasteiger partial charge in [-0.3, -0.25) is 4.79 Å². The number of amides is 1. The summed E-state index contributed by atoms with van der Waals surface area (Å²) in [5, 5.41) is 19.3. The molecular weight excluding hydrogens is 302 g/mol. The third-order valence-electron chi connectivity index (χ3n) is 2.36. The van der Waals surface area contributed by atoms with Gasteiger partial charge in [0.15, 0.2) is 11.5 Å². The van der Waals surface area contributed by atoms with Crippen molar-refractivity contribution in [1.29, 1.82) is 0 Å². The van der Waals surface area contributed by atoms with Gasteiger partial charge in [-0.15, -0.1) is 0 Å². The standard InChI is InChI=1S/C12H16BrNO4/c1-14(5-7-18-6-4-13)12(17)9-2-3-10(15)11(16)8-9/h2-3,8,15-16H,4-7H2,1H3. The molecule has 0 aliphatic heterocycles. The van der Waals surface area contributed by atoms with Crippen molar-refractivity contribution in [2.75, 3.05) is 32.1 Å². The number of phenols is 2. The maximum atomic E-state index is 11.9. The van der Waals surface area contributed by atoms with Gasteiger partial charge in [-0.2, -0.15) is 0 Å². The molecule has 1 aromatic rings. The highest BCUT2D eigenvalue weighted by Gasteiger charge is 2.13. The highest BCUT2D eigenvalue weighted by atomic mass is 79.9. The zero-order valence-electron chi connectivity index (χ0n) is 10.1. The summed E-state index contributed by atoms with van der Waals surface area (Å²) in [5.74, 6) is -0.771. The van der Waals surface area contributed by atoms with Crippen molar-refractivity contribution in [3.63, 3.8) is 0 Å². The maximum absolute atomic E-state index is 11.9. The Bertz CT molecular complexity index is 411. The summed E-state index contributed by atoms with van der Waals surface area (Å²) in [5.41, 5.74) is 0.327. The minimum Gasteiger partial charge on any atom is -0.504 e. The molecular formula is C12H16BrNO4. The van der Waals surface area contributed by atoms with Crippen LogP contribution >= 0.6 is 15.9 Å². The second-order valence-corrected chi connectivity index (χ2v) is 4.52. The molecule has 0 spiro atoms. The molecule has 0 atom stereocenters. The lowest BCUT2D eigenvalue weighted by Gasteiger charge is -2.17. The molecule has 100 valence electrons. The molecule has 0 fully saturated rings. The minimum atomic E-state index is -0.301. The molecule has 0 aliphatic rings. The van der Waals surface area contributed by atoms with E-state index in [9.17, 15) is 9.90 Å². The number of nitrogens with zero attached hydrogens (tertiary/aromatic N) is 1. The van der Waals surface area contributed by atoms with Gasteiger partial charge in [0.05, 0.1) is 13.2 Å². The van der Waals surface area contributed by atoms with Gasteiger partial charge in [0, 0.05) is 24.5 Å². The van der Waals surface area contributed by atoms with Crippen molar-refractivity contribution in [1.82, 2.24) is 4.90 Å². The summed E-state index contributed by atoms with van der Waals surface area (Å²) in [6.07, 6.45) is 0. The Morgan fingerprint density at radius 1 is 1.33 bits per heavy atom. The van der Waals surface area contributed by atoms with Crippen molar-refractivity contribution in [2.24, 2.45) is 0 Å². The highest BCUT2D eigenvalue weighted by Crippen LogP contribution is 2.25. The predicted molar refractivity (Wildman–Crippen MR) is 71.3 cm³/mol. The van der Waals surface area contributed by atoms with Crippen molar-refractivity contribution in [2.45, 2.75) is 0 Å². The van der Waals surface area contributed by atoms with E-state index in [4.69, 9.17) is 9.84 Å². The molecule has 0 heterocycles. The SMILES string of the molecule is CN(CCOCCBr)C(=O)c1ccc(O)c(O)c1. The fourth-order valence-electron chi connectivity index (χ4n) is 1.34. The molecule has 1 aromatic carbocycles. The van der Waals surface area contributed by atoms with Crippen LogP contribution in [0.4, 0.5) is 0 Å². The molecule has 0 unspecified atom stereocenters. The van der Waals surface area contributed by atoms with Gasteiger partial charge in [-0.1, -0.05) is 15.9 Å². The Hall–Kier alpha value is -1.27. The van der Waals surface area contributed by atoms with Gasteiger partial charge >= 0.3 is 0 Å². The van der Waals surface area contributed by atoms with Crippen molar-refractivity contribution in [3.05, 3.63) is 23.8 Å². The molecule has 0 saturated heterocycles. The van der Waals surface area contributed by atoms with E-state index in [0.717, 1.165) is 5.33 Å². The van der Waals surface area contributed by atoms with Crippen LogP contribution in [0, 0.1) is 0 Å². The number of ether oxygens (including phenoxy) is 1. The lowest BCUT2D eigenvalue weighted by Crippen LogP contribution is -2.30. The van der Waals surface area contributed by atoms with Gasteiger partial charge in [0.1, 0.15) is 0 Å². The molecule has 0 saturated carbocycles. The zero-order valence-corrected chi connectivity index (χ0v) is 11.7. The van der Waals surface area contributed by atoms with E-state index in [2.05, 4.69) is 15.9 Å². The Morgan fingerprint density at radius 2 is 2.06 bits per heavy atom. The monoisotopic (exact) mass is 317 g/mol. The van der Waals surface area contributed by atoms with Crippen LogP contribution < -0.4 is 0 Å². The summed E-state index contributed by atoms with van der Waals surface area (Å²) in [7, 11) is 1.66.